The molecule has 2 saturated heterocycles. The number of carboxylic acids is 1. The zero-order valence-corrected chi connectivity index (χ0v) is 28.4. The van der Waals surface area contributed by atoms with Crippen LogP contribution >= 0.6 is 0 Å². The van der Waals surface area contributed by atoms with Gasteiger partial charge in [0.1, 0.15) is 36.6 Å². The molecule has 0 amide bonds. The second-order valence-electron chi connectivity index (χ2n) is 11.2. The number of carbonyl (C=O) groups is 2. The summed E-state index contributed by atoms with van der Waals surface area (Å²) in [5.74, 6) is -5.73. The minimum Gasteiger partial charge on any atom is -0.481 e. The van der Waals surface area contributed by atoms with Crippen LogP contribution in [0.2, 0.25) is 13.3 Å². The first-order chi connectivity index (χ1) is 20.4. The molecule has 0 saturated carbocycles. The SMILES string of the molecule is CCC[CH2][Sn]([CH2]CCC)[CH2]CCC.O=C(O)CCC(=O)O[C@@]1([C@@]2(CO)O[C@H](CO)[C@@H](O)[C@@H]2O)O[C@H](CO)[C@@H](O)[C@H](O)[C@H]1O. The average Bonchev–Trinajstić information content (AvgIpc) is 3.26. The van der Waals surface area contributed by atoms with Crippen molar-refractivity contribution in [2.24, 2.45) is 0 Å². The van der Waals surface area contributed by atoms with Gasteiger partial charge in [0.15, 0.2) is 11.7 Å². The predicted molar refractivity (Wildman–Crippen MR) is 154 cm³/mol. The Bertz CT molecular complexity index is 799. The first kappa shape index (κ1) is 40.4. The van der Waals surface area contributed by atoms with Crippen molar-refractivity contribution in [3.63, 3.8) is 0 Å². The standard InChI is InChI=1S/C16H26O14.3C4H9.Sn/c17-3-6-10(23)12(25)14(27)16(29-6,30-9(22)2-1-8(20)21)15(5-19)13(26)11(24)7(4-18)28-15;3*1-3-4-2;/h6-7,10-14,17-19,23-27H,1-5H2,(H,20,21);3*1,3-4H2,2H3;/t6-,7-,10-,11-,12+,13+,14-,15+,16+;;;;/m1..../s1. The molecule has 2 aliphatic heterocycles. The van der Waals surface area contributed by atoms with Crippen LogP contribution in [0, 0.1) is 0 Å². The predicted octanol–water partition coefficient (Wildman–Crippen LogP) is -0.710. The molecule has 2 rings (SSSR count). The normalized spacial score (nSPS) is 34.1. The fraction of sp³-hybridized carbons (Fsp3) is 0.929. The molecule has 0 spiro atoms. The zero-order chi connectivity index (χ0) is 32.8. The molecule has 1 radical (unpaired) electrons. The van der Waals surface area contributed by atoms with Crippen LogP contribution in [0.4, 0.5) is 0 Å². The van der Waals surface area contributed by atoms with E-state index < -0.39 is 118 Å². The number of rotatable bonds is 17. The summed E-state index contributed by atoms with van der Waals surface area (Å²) in [6.07, 6.45) is -6.40. The van der Waals surface area contributed by atoms with Gasteiger partial charge < -0.3 is 60.2 Å². The van der Waals surface area contributed by atoms with Gasteiger partial charge in [0.05, 0.1) is 32.7 Å². The van der Waals surface area contributed by atoms with E-state index in [0.29, 0.717) is 0 Å². The second-order valence-corrected chi connectivity index (χ2v) is 19.7. The van der Waals surface area contributed by atoms with E-state index in [1.807, 2.05) is 0 Å². The Hall–Kier alpha value is -0.661. The van der Waals surface area contributed by atoms with Gasteiger partial charge in [-0.3, -0.25) is 9.59 Å². The molecule has 15 heteroatoms. The Morgan fingerprint density at radius 1 is 0.721 bits per heavy atom. The summed E-state index contributed by atoms with van der Waals surface area (Å²) in [4.78, 5) is 23.0. The summed E-state index contributed by atoms with van der Waals surface area (Å²) in [7, 11) is 0. The monoisotopic (exact) mass is 733 g/mol. The fourth-order valence-electron chi connectivity index (χ4n) is 5.31. The molecule has 0 aliphatic carbocycles. The van der Waals surface area contributed by atoms with Crippen LogP contribution in [0.5, 0.6) is 0 Å². The van der Waals surface area contributed by atoms with Crippen LogP contribution in [0.25, 0.3) is 0 Å². The van der Waals surface area contributed by atoms with Gasteiger partial charge in [-0.25, -0.2) is 0 Å². The van der Waals surface area contributed by atoms with Gasteiger partial charge in [-0.2, -0.15) is 0 Å². The van der Waals surface area contributed by atoms with Crippen molar-refractivity contribution < 1.29 is 69.8 Å². The summed E-state index contributed by atoms with van der Waals surface area (Å²) in [6.45, 7) is 3.84. The van der Waals surface area contributed by atoms with Gasteiger partial charge in [0, 0.05) is 0 Å². The van der Waals surface area contributed by atoms with Crippen molar-refractivity contribution in [1.29, 1.82) is 0 Å². The van der Waals surface area contributed by atoms with Crippen molar-refractivity contribution in [2.45, 2.75) is 140 Å². The van der Waals surface area contributed by atoms with Gasteiger partial charge in [-0.1, -0.05) is 0 Å². The van der Waals surface area contributed by atoms with Gasteiger partial charge in [0.25, 0.3) is 5.79 Å². The molecule has 0 unspecified atom stereocenters. The van der Waals surface area contributed by atoms with Crippen LogP contribution < -0.4 is 0 Å². The van der Waals surface area contributed by atoms with Crippen LogP contribution in [0.15, 0.2) is 0 Å². The molecule has 43 heavy (non-hydrogen) atoms. The molecular formula is C28H53O14Sn. The van der Waals surface area contributed by atoms with E-state index in [9.17, 15) is 50.4 Å². The Morgan fingerprint density at radius 3 is 1.60 bits per heavy atom. The molecule has 0 aromatic carbocycles. The number of ether oxygens (including phenoxy) is 3. The minimum absolute atomic E-state index is 0.711. The molecule has 2 heterocycles. The van der Waals surface area contributed by atoms with E-state index in [2.05, 4.69) is 20.8 Å². The summed E-state index contributed by atoms with van der Waals surface area (Å²) < 4.78 is 20.8. The first-order valence-corrected chi connectivity index (χ1v) is 21.3. The molecule has 0 aromatic heterocycles. The van der Waals surface area contributed by atoms with Crippen LogP contribution in [-0.4, -0.2) is 152 Å². The maximum Gasteiger partial charge on any atom is 0.309 e. The Labute approximate surface area is 260 Å². The van der Waals surface area contributed by atoms with E-state index in [1.54, 1.807) is 13.3 Å². The zero-order valence-electron chi connectivity index (χ0n) is 25.5. The van der Waals surface area contributed by atoms with Crippen molar-refractivity contribution >= 4 is 31.7 Å². The molecule has 9 N–H and O–H groups in total. The fourth-order valence-corrected chi connectivity index (χ4v) is 14.8. The molecule has 9 atom stereocenters. The van der Waals surface area contributed by atoms with Crippen molar-refractivity contribution in [2.75, 3.05) is 19.8 Å². The second kappa shape index (κ2) is 19.8. The summed E-state index contributed by atoms with van der Waals surface area (Å²) in [5, 5.41) is 89.2. The number of hydrogen-bond donors (Lipinski definition) is 9. The number of unbranched alkanes of at least 4 members (excludes halogenated alkanes) is 3. The van der Waals surface area contributed by atoms with Crippen LogP contribution in [0.3, 0.4) is 0 Å². The van der Waals surface area contributed by atoms with E-state index >= 15 is 0 Å². The number of aliphatic hydroxyl groups is 8. The topological polar surface area (TPSA) is 244 Å². The summed E-state index contributed by atoms with van der Waals surface area (Å²) in [6, 6.07) is 0. The van der Waals surface area contributed by atoms with E-state index in [-0.39, 0.29) is 0 Å². The van der Waals surface area contributed by atoms with E-state index in [4.69, 9.17) is 19.3 Å². The van der Waals surface area contributed by atoms with Gasteiger partial charge in [-0.05, 0) is 0 Å². The molecule has 2 fully saturated rings. The first-order valence-electron chi connectivity index (χ1n) is 15.2. The number of hydrogen-bond acceptors (Lipinski definition) is 13. The number of aliphatic hydroxyl groups excluding tert-OH is 8. The summed E-state index contributed by atoms with van der Waals surface area (Å²) >= 11 is -0.839. The number of carbonyl (C=O) groups excluding carboxylic acids is 1. The molecule has 0 bridgehead atoms. The smallest absolute Gasteiger partial charge is 0.309 e. The Morgan fingerprint density at radius 2 is 1.21 bits per heavy atom. The van der Waals surface area contributed by atoms with Gasteiger partial charge in [-0.15, -0.1) is 0 Å². The largest absolute Gasteiger partial charge is 0.481 e. The number of aliphatic carboxylic acids is 1. The van der Waals surface area contributed by atoms with E-state index in [0.717, 1.165) is 0 Å². The Balaban J connectivity index is 0.000000599. The molecule has 253 valence electrons. The van der Waals surface area contributed by atoms with Crippen molar-refractivity contribution in [3.8, 4) is 0 Å². The van der Waals surface area contributed by atoms with E-state index in [1.165, 1.54) is 38.5 Å². The van der Waals surface area contributed by atoms with Crippen LogP contribution in [-0.2, 0) is 23.8 Å². The van der Waals surface area contributed by atoms with Crippen molar-refractivity contribution in [3.05, 3.63) is 0 Å². The molecule has 2 aliphatic rings. The third-order valence-corrected chi connectivity index (χ3v) is 17.0. The maximum absolute atomic E-state index is 12.3. The maximum atomic E-state index is 12.3. The van der Waals surface area contributed by atoms with Gasteiger partial charge >= 0.3 is 104 Å². The average molecular weight is 732 g/mol. The van der Waals surface area contributed by atoms with Crippen molar-refractivity contribution in [1.82, 2.24) is 0 Å². The third-order valence-electron chi connectivity index (χ3n) is 7.96. The number of esters is 1. The van der Waals surface area contributed by atoms with Gasteiger partial charge in [0.2, 0.25) is 0 Å². The summed E-state index contributed by atoms with van der Waals surface area (Å²) in [5.41, 5.74) is -2.70. The third kappa shape index (κ3) is 10.2. The quantitative estimate of drug-likeness (QED) is 0.0663. The molecular weight excluding hydrogens is 679 g/mol. The number of carboxylic acid groups (broad SMARTS) is 1. The molecule has 14 nitrogen and oxygen atoms in total. The Kier molecular flexibility index (Phi) is 18.6. The van der Waals surface area contributed by atoms with Crippen LogP contribution in [0.1, 0.15) is 72.1 Å². The molecule has 0 aromatic rings. The minimum atomic E-state index is -3.02.